The number of amides is 1. The van der Waals surface area contributed by atoms with Crippen LogP contribution in [-0.2, 0) is 4.79 Å². The number of hydrogen-bond donors (Lipinski definition) is 1. The van der Waals surface area contributed by atoms with E-state index in [1.165, 1.54) is 0 Å². The first kappa shape index (κ1) is 16.4. The molecular weight excluding hydrogens is 290 g/mol. The Morgan fingerprint density at radius 1 is 1.39 bits per heavy atom. The van der Waals surface area contributed by atoms with Crippen molar-refractivity contribution in [3.8, 4) is 11.8 Å². The van der Waals surface area contributed by atoms with Gasteiger partial charge in [-0.2, -0.15) is 5.26 Å². The van der Waals surface area contributed by atoms with E-state index in [4.69, 9.17) is 4.74 Å². The Hall–Kier alpha value is -3.00. The molecule has 1 aromatic heterocycles. The number of rotatable bonds is 5. The summed E-state index contributed by atoms with van der Waals surface area (Å²) in [6.07, 6.45) is 5.40. The molecule has 23 heavy (non-hydrogen) atoms. The van der Waals surface area contributed by atoms with E-state index >= 15 is 0 Å². The third-order valence-corrected chi connectivity index (χ3v) is 3.34. The molecule has 118 valence electrons. The van der Waals surface area contributed by atoms with Gasteiger partial charge in [0.25, 0.3) is 5.91 Å². The monoisotopic (exact) mass is 309 g/mol. The second kappa shape index (κ2) is 7.32. The molecule has 0 fully saturated rings. The zero-order chi connectivity index (χ0) is 16.8. The van der Waals surface area contributed by atoms with Crippen molar-refractivity contribution in [3.63, 3.8) is 0 Å². The van der Waals surface area contributed by atoms with Crippen LogP contribution in [-0.4, -0.2) is 17.6 Å². The Morgan fingerprint density at radius 2 is 2.17 bits per heavy atom. The topological polar surface area (TPSA) is 67.0 Å². The van der Waals surface area contributed by atoms with Crippen LogP contribution >= 0.6 is 0 Å². The molecular formula is C18H19N3O2. The first-order valence-electron chi connectivity index (χ1n) is 7.28. The van der Waals surface area contributed by atoms with E-state index in [1.54, 1.807) is 37.5 Å². The van der Waals surface area contributed by atoms with Gasteiger partial charge < -0.3 is 14.6 Å². The summed E-state index contributed by atoms with van der Waals surface area (Å²) in [5.41, 5.74) is 1.45. The summed E-state index contributed by atoms with van der Waals surface area (Å²) >= 11 is 0. The van der Waals surface area contributed by atoms with Crippen molar-refractivity contribution >= 4 is 17.7 Å². The zero-order valence-electron chi connectivity index (χ0n) is 13.4. The molecule has 0 aliphatic rings. The average molecular weight is 309 g/mol. The second-order valence-corrected chi connectivity index (χ2v) is 5.34. The minimum absolute atomic E-state index is 0.0503. The van der Waals surface area contributed by atoms with Gasteiger partial charge in [0.1, 0.15) is 17.4 Å². The third-order valence-electron chi connectivity index (χ3n) is 3.34. The van der Waals surface area contributed by atoms with Crippen LogP contribution in [0.3, 0.4) is 0 Å². The van der Waals surface area contributed by atoms with E-state index in [1.807, 2.05) is 29.1 Å². The van der Waals surface area contributed by atoms with Gasteiger partial charge in [-0.15, -0.1) is 0 Å². The number of aromatic nitrogens is 1. The van der Waals surface area contributed by atoms with Crippen molar-refractivity contribution in [1.29, 1.82) is 5.26 Å². The van der Waals surface area contributed by atoms with Gasteiger partial charge in [0.05, 0.1) is 7.11 Å². The summed E-state index contributed by atoms with van der Waals surface area (Å²) in [5, 5.41) is 11.9. The van der Waals surface area contributed by atoms with Gasteiger partial charge in [-0.3, -0.25) is 4.79 Å². The summed E-state index contributed by atoms with van der Waals surface area (Å²) < 4.78 is 7.13. The maximum Gasteiger partial charge on any atom is 0.266 e. The van der Waals surface area contributed by atoms with Crippen LogP contribution in [0.25, 0.3) is 6.08 Å². The highest BCUT2D eigenvalue weighted by Gasteiger charge is 2.10. The summed E-state index contributed by atoms with van der Waals surface area (Å²) in [4.78, 5) is 12.2. The predicted molar refractivity (Wildman–Crippen MR) is 90.0 cm³/mol. The fraction of sp³-hybridized carbons (Fsp3) is 0.222. The summed E-state index contributed by atoms with van der Waals surface area (Å²) in [6.45, 7) is 4.13. The zero-order valence-corrected chi connectivity index (χ0v) is 13.4. The van der Waals surface area contributed by atoms with E-state index in [-0.39, 0.29) is 5.57 Å². The van der Waals surface area contributed by atoms with Crippen molar-refractivity contribution in [2.45, 2.75) is 19.9 Å². The first-order valence-corrected chi connectivity index (χ1v) is 7.28. The van der Waals surface area contributed by atoms with Crippen LogP contribution in [0.15, 0.2) is 48.3 Å². The predicted octanol–water partition coefficient (Wildman–Crippen LogP) is 3.62. The van der Waals surface area contributed by atoms with Crippen LogP contribution < -0.4 is 10.1 Å². The highest BCUT2D eigenvalue weighted by Crippen LogP contribution is 2.18. The summed E-state index contributed by atoms with van der Waals surface area (Å²) in [6, 6.07) is 11.1. The maximum atomic E-state index is 12.2. The van der Waals surface area contributed by atoms with Crippen LogP contribution in [0.2, 0.25) is 0 Å². The molecule has 0 aliphatic heterocycles. The number of nitrogens with one attached hydrogen (secondary N) is 1. The molecule has 0 saturated heterocycles. The van der Waals surface area contributed by atoms with Gasteiger partial charge in [-0.05, 0) is 43.7 Å². The molecule has 0 radical (unpaired) electrons. The smallest absolute Gasteiger partial charge is 0.266 e. The molecule has 2 rings (SSSR count). The number of nitrogens with zero attached hydrogens (tertiary/aromatic N) is 2. The molecule has 1 N–H and O–H groups in total. The van der Waals surface area contributed by atoms with E-state index < -0.39 is 5.91 Å². The number of ether oxygens (including phenoxy) is 1. The van der Waals surface area contributed by atoms with Crippen molar-refractivity contribution in [2.75, 3.05) is 12.4 Å². The lowest BCUT2D eigenvalue weighted by molar-refractivity contribution is -0.112. The Bertz CT molecular complexity index is 767. The minimum Gasteiger partial charge on any atom is -0.497 e. The fourth-order valence-electron chi connectivity index (χ4n) is 2.05. The molecule has 0 aliphatic carbocycles. The van der Waals surface area contributed by atoms with Crippen LogP contribution in [0.4, 0.5) is 5.69 Å². The lowest BCUT2D eigenvalue weighted by atomic mass is 10.2. The number of carbonyl (C=O) groups excluding carboxylic acids is 1. The normalized spacial score (nSPS) is 11.2. The number of nitriles is 1. The van der Waals surface area contributed by atoms with Crippen molar-refractivity contribution in [3.05, 3.63) is 53.9 Å². The van der Waals surface area contributed by atoms with Gasteiger partial charge in [0, 0.05) is 30.2 Å². The Kier molecular flexibility index (Phi) is 5.21. The van der Waals surface area contributed by atoms with Crippen molar-refractivity contribution < 1.29 is 9.53 Å². The molecule has 5 nitrogen and oxygen atoms in total. The molecule has 1 aromatic carbocycles. The van der Waals surface area contributed by atoms with Crippen LogP contribution in [0.1, 0.15) is 25.5 Å². The van der Waals surface area contributed by atoms with Gasteiger partial charge in [-0.25, -0.2) is 0 Å². The molecule has 0 atom stereocenters. The number of methoxy groups -OCH3 is 1. The highest BCUT2D eigenvalue weighted by molar-refractivity contribution is 6.09. The lowest BCUT2D eigenvalue weighted by Crippen LogP contribution is -2.13. The van der Waals surface area contributed by atoms with E-state index in [9.17, 15) is 10.1 Å². The molecule has 0 spiro atoms. The molecule has 2 aromatic rings. The number of hydrogen-bond acceptors (Lipinski definition) is 3. The van der Waals surface area contributed by atoms with E-state index in [2.05, 4.69) is 19.2 Å². The lowest BCUT2D eigenvalue weighted by Gasteiger charge is -2.06. The van der Waals surface area contributed by atoms with Gasteiger partial charge >= 0.3 is 0 Å². The van der Waals surface area contributed by atoms with Crippen LogP contribution in [0, 0.1) is 11.3 Å². The summed E-state index contributed by atoms with van der Waals surface area (Å²) in [7, 11) is 1.56. The van der Waals surface area contributed by atoms with E-state index in [0.717, 1.165) is 5.56 Å². The maximum absolute atomic E-state index is 12.2. The SMILES string of the molecule is COc1cccc(NC(=O)/C(C#N)=C/c2ccn(C(C)C)c2)c1. The fourth-order valence-corrected chi connectivity index (χ4v) is 2.05. The molecule has 0 unspecified atom stereocenters. The largest absolute Gasteiger partial charge is 0.497 e. The minimum atomic E-state index is -0.446. The molecule has 1 amide bonds. The highest BCUT2D eigenvalue weighted by atomic mass is 16.5. The number of carbonyl (C=O) groups is 1. The van der Waals surface area contributed by atoms with E-state index in [0.29, 0.717) is 17.5 Å². The van der Waals surface area contributed by atoms with Crippen molar-refractivity contribution in [1.82, 2.24) is 4.57 Å². The molecule has 1 heterocycles. The van der Waals surface area contributed by atoms with Gasteiger partial charge in [0.15, 0.2) is 0 Å². The van der Waals surface area contributed by atoms with Crippen molar-refractivity contribution in [2.24, 2.45) is 0 Å². The Balaban J connectivity index is 2.17. The standard InChI is InChI=1S/C18H19N3O2/c1-13(2)21-8-7-14(12-21)9-15(11-19)18(22)20-16-5-4-6-17(10-16)23-3/h4-10,12-13H,1-3H3,(H,20,22)/b15-9+. The number of benzene rings is 1. The van der Waals surface area contributed by atoms with Gasteiger partial charge in [-0.1, -0.05) is 6.07 Å². The summed E-state index contributed by atoms with van der Waals surface area (Å²) in [5.74, 6) is 0.192. The second-order valence-electron chi connectivity index (χ2n) is 5.34. The molecule has 0 bridgehead atoms. The van der Waals surface area contributed by atoms with Gasteiger partial charge in [0.2, 0.25) is 0 Å². The Morgan fingerprint density at radius 3 is 2.78 bits per heavy atom. The number of anilines is 1. The molecule has 5 heteroatoms. The Labute approximate surface area is 135 Å². The van der Waals surface area contributed by atoms with Crippen LogP contribution in [0.5, 0.6) is 5.75 Å². The quantitative estimate of drug-likeness (QED) is 0.677. The first-order chi connectivity index (χ1) is 11.0. The molecule has 0 saturated carbocycles. The average Bonchev–Trinajstić information content (AvgIpc) is 3.01. The third kappa shape index (κ3) is 4.24.